The molecular weight excluding hydrogens is 536 g/mol. The molecule has 1 unspecified atom stereocenters. The van der Waals surface area contributed by atoms with Crippen molar-refractivity contribution >= 4 is 27.7 Å². The van der Waals surface area contributed by atoms with E-state index < -0.39 is 21.7 Å². The second kappa shape index (κ2) is 11.3. The lowest BCUT2D eigenvalue weighted by atomic mass is 9.56. The Balaban J connectivity index is 1.64. The molecule has 1 aliphatic rings. The molecule has 0 bridgehead atoms. The molecule has 210 valence electrons. The van der Waals surface area contributed by atoms with E-state index >= 15 is 0 Å². The largest absolute Gasteiger partial charge is 0.444 e. The zero-order valence-electron chi connectivity index (χ0n) is 23.1. The fourth-order valence-corrected chi connectivity index (χ4v) is 6.54. The number of hydrogen-bond acceptors (Lipinski definition) is 5. The Labute approximate surface area is 236 Å². The van der Waals surface area contributed by atoms with E-state index in [1.165, 1.54) is 26.9 Å². The van der Waals surface area contributed by atoms with Crippen molar-refractivity contribution in [2.75, 3.05) is 13.6 Å². The van der Waals surface area contributed by atoms with Gasteiger partial charge in [-0.05, 0) is 62.4 Å². The molecule has 0 saturated heterocycles. The predicted molar refractivity (Wildman–Crippen MR) is 152 cm³/mol. The number of aryl methyl sites for hydroxylation is 1. The van der Waals surface area contributed by atoms with Gasteiger partial charge >= 0.3 is 6.09 Å². The van der Waals surface area contributed by atoms with Gasteiger partial charge in [0.05, 0.1) is 6.20 Å². The minimum atomic E-state index is -3.69. The number of ether oxygens (including phenoxy) is 1. The SMILES string of the molecule is CN(Cc1cccc(C(CNC(=O)OC(C)(C)C)C2(c3ccc(Cl)cc3)CCC2)c1)S(=O)(=O)c1cnn(C)c1. The second-order valence-electron chi connectivity index (χ2n) is 11.3. The van der Waals surface area contributed by atoms with Gasteiger partial charge in [-0.25, -0.2) is 13.2 Å². The van der Waals surface area contributed by atoms with E-state index in [1.807, 2.05) is 51.1 Å². The standard InChI is InChI=1S/C29H37ClN4O4S/c1-28(2,3)38-27(35)31-18-26(29(14-7-15-29)23-10-12-24(30)13-11-23)22-9-6-8-21(16-22)19-34(5)39(36,37)25-17-32-33(4)20-25/h6,8-13,16-17,20,26H,7,14-15,18-19H2,1-5H3,(H,31,35). The highest BCUT2D eigenvalue weighted by molar-refractivity contribution is 7.89. The van der Waals surface area contributed by atoms with E-state index in [2.05, 4.69) is 28.6 Å². The number of sulfonamides is 1. The van der Waals surface area contributed by atoms with Crippen molar-refractivity contribution in [3.05, 3.63) is 82.6 Å². The maximum atomic E-state index is 13.1. The third-order valence-electron chi connectivity index (χ3n) is 7.33. The summed E-state index contributed by atoms with van der Waals surface area (Å²) >= 11 is 6.20. The molecule has 3 aromatic rings. The van der Waals surface area contributed by atoms with Crippen LogP contribution in [0.4, 0.5) is 4.79 Å². The van der Waals surface area contributed by atoms with Crippen molar-refractivity contribution in [2.24, 2.45) is 7.05 Å². The van der Waals surface area contributed by atoms with Gasteiger partial charge in [0.25, 0.3) is 0 Å². The van der Waals surface area contributed by atoms with Gasteiger partial charge < -0.3 is 10.1 Å². The Morgan fingerprint density at radius 2 is 1.90 bits per heavy atom. The van der Waals surface area contributed by atoms with E-state index in [-0.39, 0.29) is 22.8 Å². The Morgan fingerprint density at radius 1 is 1.21 bits per heavy atom. The smallest absolute Gasteiger partial charge is 0.407 e. The number of hydrogen-bond donors (Lipinski definition) is 1. The molecule has 0 aliphatic heterocycles. The second-order valence-corrected chi connectivity index (χ2v) is 13.8. The molecule has 1 amide bonds. The van der Waals surface area contributed by atoms with Gasteiger partial charge in [0.1, 0.15) is 10.5 Å². The molecule has 4 rings (SSSR count). The first-order chi connectivity index (χ1) is 18.3. The van der Waals surface area contributed by atoms with Gasteiger partial charge in [-0.15, -0.1) is 0 Å². The Morgan fingerprint density at radius 3 is 2.46 bits per heavy atom. The first-order valence-corrected chi connectivity index (χ1v) is 14.9. The van der Waals surface area contributed by atoms with Crippen molar-refractivity contribution in [3.8, 4) is 0 Å². The van der Waals surface area contributed by atoms with Crippen LogP contribution in [0.1, 0.15) is 62.6 Å². The zero-order chi connectivity index (χ0) is 28.4. The van der Waals surface area contributed by atoms with Crippen LogP contribution in [0.3, 0.4) is 0 Å². The van der Waals surface area contributed by atoms with E-state index in [0.717, 1.165) is 30.4 Å². The molecule has 1 heterocycles. The number of nitrogens with zero attached hydrogens (tertiary/aromatic N) is 3. The minimum absolute atomic E-state index is 0.0554. The maximum absolute atomic E-state index is 13.1. The molecule has 0 radical (unpaired) electrons. The van der Waals surface area contributed by atoms with E-state index in [4.69, 9.17) is 16.3 Å². The number of nitrogens with one attached hydrogen (secondary N) is 1. The van der Waals surface area contributed by atoms with Crippen LogP contribution in [0.5, 0.6) is 0 Å². The molecule has 0 spiro atoms. The highest BCUT2D eigenvalue weighted by Gasteiger charge is 2.46. The minimum Gasteiger partial charge on any atom is -0.444 e. The van der Waals surface area contributed by atoms with E-state index in [1.54, 1.807) is 14.1 Å². The van der Waals surface area contributed by atoms with E-state index in [0.29, 0.717) is 11.6 Å². The van der Waals surface area contributed by atoms with Crippen molar-refractivity contribution in [3.63, 3.8) is 0 Å². The molecule has 1 N–H and O–H groups in total. The molecule has 8 nitrogen and oxygen atoms in total. The fraction of sp³-hybridized carbons (Fsp3) is 0.448. The molecule has 2 aromatic carbocycles. The van der Waals surface area contributed by atoms with Gasteiger partial charge in [-0.1, -0.05) is 54.4 Å². The lowest BCUT2D eigenvalue weighted by Gasteiger charge is -2.49. The third kappa shape index (κ3) is 6.65. The fourth-order valence-electron chi connectivity index (χ4n) is 5.27. The molecule has 1 fully saturated rings. The van der Waals surface area contributed by atoms with Gasteiger partial charge in [-0.2, -0.15) is 9.40 Å². The van der Waals surface area contributed by atoms with Crippen LogP contribution in [0, 0.1) is 0 Å². The van der Waals surface area contributed by atoms with Gasteiger partial charge in [0, 0.05) is 49.7 Å². The van der Waals surface area contributed by atoms with E-state index in [9.17, 15) is 13.2 Å². The van der Waals surface area contributed by atoms with Crippen molar-refractivity contribution in [1.82, 2.24) is 19.4 Å². The first-order valence-electron chi connectivity index (χ1n) is 13.1. The van der Waals surface area contributed by atoms with Crippen molar-refractivity contribution < 1.29 is 17.9 Å². The average molecular weight is 573 g/mol. The summed E-state index contributed by atoms with van der Waals surface area (Å²) < 4.78 is 34.5. The summed E-state index contributed by atoms with van der Waals surface area (Å²) in [7, 11) is -0.441. The molecule has 1 atom stereocenters. The molecule has 1 aliphatic carbocycles. The topological polar surface area (TPSA) is 93.5 Å². The number of carbonyl (C=O) groups is 1. The number of carbonyl (C=O) groups excluding carboxylic acids is 1. The molecule has 1 aromatic heterocycles. The van der Waals surface area contributed by atoms with Crippen LogP contribution >= 0.6 is 11.6 Å². The number of halogens is 1. The van der Waals surface area contributed by atoms with Crippen molar-refractivity contribution in [1.29, 1.82) is 0 Å². The Bertz CT molecular complexity index is 1410. The number of benzene rings is 2. The maximum Gasteiger partial charge on any atom is 0.407 e. The Kier molecular flexibility index (Phi) is 8.44. The third-order valence-corrected chi connectivity index (χ3v) is 9.34. The van der Waals surface area contributed by atoms with Gasteiger partial charge in [-0.3, -0.25) is 4.68 Å². The van der Waals surface area contributed by atoms with Gasteiger partial charge in [0.2, 0.25) is 10.0 Å². The highest BCUT2D eigenvalue weighted by Crippen LogP contribution is 2.53. The normalized spacial score (nSPS) is 16.0. The monoisotopic (exact) mass is 572 g/mol. The summed E-state index contributed by atoms with van der Waals surface area (Å²) in [6.07, 6.45) is 5.40. The average Bonchev–Trinajstić information content (AvgIpc) is 3.27. The number of rotatable bonds is 9. The molecule has 39 heavy (non-hydrogen) atoms. The number of aromatic nitrogens is 2. The van der Waals surface area contributed by atoms with Crippen LogP contribution in [-0.2, 0) is 33.8 Å². The summed E-state index contributed by atoms with van der Waals surface area (Å²) in [5.41, 5.74) is 2.27. The molecule has 10 heteroatoms. The highest BCUT2D eigenvalue weighted by atomic mass is 35.5. The number of alkyl carbamates (subject to hydrolysis) is 1. The molecule has 1 saturated carbocycles. The predicted octanol–water partition coefficient (Wildman–Crippen LogP) is 5.62. The first kappa shape index (κ1) is 29.1. The van der Waals surface area contributed by atoms with Gasteiger partial charge in [0.15, 0.2) is 0 Å². The van der Waals surface area contributed by atoms with Crippen LogP contribution in [0.15, 0.2) is 65.8 Å². The lowest BCUT2D eigenvalue weighted by molar-refractivity contribution is 0.0511. The molecular formula is C29H37ClN4O4S. The summed E-state index contributed by atoms with van der Waals surface area (Å²) in [5.74, 6) is -0.0554. The summed E-state index contributed by atoms with van der Waals surface area (Å²) in [5, 5.41) is 7.68. The van der Waals surface area contributed by atoms with Crippen LogP contribution in [0.2, 0.25) is 5.02 Å². The van der Waals surface area contributed by atoms with Crippen LogP contribution in [-0.4, -0.2) is 47.8 Å². The Hall–Kier alpha value is -2.88. The summed E-state index contributed by atoms with van der Waals surface area (Å²) in [4.78, 5) is 12.8. The summed E-state index contributed by atoms with van der Waals surface area (Å²) in [6.45, 7) is 6.09. The van der Waals surface area contributed by atoms with Crippen LogP contribution in [0.25, 0.3) is 0 Å². The lowest BCUT2D eigenvalue weighted by Crippen LogP contribution is -2.46. The number of amides is 1. The van der Waals surface area contributed by atoms with Crippen LogP contribution < -0.4 is 5.32 Å². The quantitative estimate of drug-likeness (QED) is 0.359. The van der Waals surface area contributed by atoms with Crippen molar-refractivity contribution in [2.45, 2.75) is 68.4 Å². The summed E-state index contributed by atoms with van der Waals surface area (Å²) in [6, 6.07) is 15.9. The zero-order valence-corrected chi connectivity index (χ0v) is 24.7.